The number of nitrogens with one attached hydrogen (secondary N) is 2. The zero-order chi connectivity index (χ0) is 11.4. The second kappa shape index (κ2) is 4.55. The largest absolute Gasteiger partial charge is 0.342 e. The lowest BCUT2D eigenvalue weighted by Crippen LogP contribution is -1.94. The molecule has 1 heterocycles. The van der Waals surface area contributed by atoms with E-state index < -0.39 is 0 Å². The Kier molecular flexibility index (Phi) is 2.94. The number of nitrogens with zero attached hydrogens (tertiary/aromatic N) is 2. The smallest absolute Gasteiger partial charge is 0.198 e. The van der Waals surface area contributed by atoms with Crippen molar-refractivity contribution in [2.24, 2.45) is 0 Å². The first-order valence-corrected chi connectivity index (χ1v) is 5.01. The summed E-state index contributed by atoms with van der Waals surface area (Å²) in [5, 5.41) is 11.8. The number of benzene rings is 1. The van der Waals surface area contributed by atoms with Gasteiger partial charge in [0.2, 0.25) is 0 Å². The van der Waals surface area contributed by atoms with Crippen molar-refractivity contribution in [3.63, 3.8) is 0 Å². The number of aromatic amines is 1. The van der Waals surface area contributed by atoms with Crippen LogP contribution in [0.25, 0.3) is 0 Å². The minimum absolute atomic E-state index is 0.429. The van der Waals surface area contributed by atoms with Crippen LogP contribution in [0.2, 0.25) is 0 Å². The minimum Gasteiger partial charge on any atom is -0.342 e. The molecule has 5 heteroatoms. The third-order valence-electron chi connectivity index (χ3n) is 1.97. The van der Waals surface area contributed by atoms with Crippen molar-refractivity contribution in [1.29, 1.82) is 5.26 Å². The maximum Gasteiger partial charge on any atom is 0.198 e. The topological polar surface area (TPSA) is 64.5 Å². The molecule has 78 valence electrons. The number of hydrogen-bond acceptors (Lipinski definition) is 4. The summed E-state index contributed by atoms with van der Waals surface area (Å²) in [6, 6.07) is 11.0. The Morgan fingerprint density at radius 2 is 2.00 bits per heavy atom. The average molecular weight is 228 g/mol. The second-order valence-corrected chi connectivity index (χ2v) is 3.49. The van der Waals surface area contributed by atoms with Gasteiger partial charge in [0.25, 0.3) is 0 Å². The maximum absolute atomic E-state index is 8.66. The molecule has 0 amide bonds. The lowest BCUT2D eigenvalue weighted by molar-refractivity contribution is 1.13. The minimum atomic E-state index is 0.429. The highest BCUT2D eigenvalue weighted by atomic mass is 32.1. The van der Waals surface area contributed by atoms with Crippen LogP contribution in [-0.4, -0.2) is 9.97 Å². The van der Waals surface area contributed by atoms with Gasteiger partial charge in [-0.3, -0.25) is 0 Å². The number of hydrogen-bond donors (Lipinski definition) is 2. The molecule has 0 aliphatic rings. The molecule has 0 spiro atoms. The van der Waals surface area contributed by atoms with Crippen molar-refractivity contribution < 1.29 is 0 Å². The summed E-state index contributed by atoms with van der Waals surface area (Å²) in [5.41, 5.74) is 1.52. The summed E-state index contributed by atoms with van der Waals surface area (Å²) >= 11 is 4.91. The summed E-state index contributed by atoms with van der Waals surface area (Å²) in [7, 11) is 0. The first-order valence-electron chi connectivity index (χ1n) is 4.60. The highest BCUT2D eigenvalue weighted by molar-refractivity contribution is 7.71. The van der Waals surface area contributed by atoms with Gasteiger partial charge in [0.1, 0.15) is 5.82 Å². The highest BCUT2D eigenvalue weighted by Gasteiger charge is 1.95. The summed E-state index contributed by atoms with van der Waals surface area (Å²) in [4.78, 5) is 6.80. The standard InChI is InChI=1S/C11H8N4S/c12-7-8-1-3-9(4-2-8)14-10-5-6-13-11(16)15-10/h1-6H,(H2,13,14,15,16). The van der Waals surface area contributed by atoms with Gasteiger partial charge in [0, 0.05) is 11.9 Å². The van der Waals surface area contributed by atoms with Gasteiger partial charge in [-0.25, -0.2) is 4.98 Å². The van der Waals surface area contributed by atoms with Crippen molar-refractivity contribution in [1.82, 2.24) is 9.97 Å². The molecule has 0 radical (unpaired) electrons. The van der Waals surface area contributed by atoms with Crippen LogP contribution in [-0.2, 0) is 0 Å². The lowest BCUT2D eigenvalue weighted by atomic mass is 10.2. The third-order valence-corrected chi connectivity index (χ3v) is 2.18. The summed E-state index contributed by atoms with van der Waals surface area (Å²) in [6.45, 7) is 0. The van der Waals surface area contributed by atoms with E-state index in [2.05, 4.69) is 21.4 Å². The van der Waals surface area contributed by atoms with Gasteiger partial charge in [-0.2, -0.15) is 5.26 Å². The summed E-state index contributed by atoms with van der Waals surface area (Å²) < 4.78 is 0.429. The lowest BCUT2D eigenvalue weighted by Gasteiger charge is -2.05. The van der Waals surface area contributed by atoms with Crippen LogP contribution in [0.15, 0.2) is 36.5 Å². The van der Waals surface area contributed by atoms with Gasteiger partial charge in [-0.15, -0.1) is 0 Å². The van der Waals surface area contributed by atoms with Crippen LogP contribution in [0.3, 0.4) is 0 Å². The van der Waals surface area contributed by atoms with Crippen LogP contribution in [0.4, 0.5) is 11.5 Å². The van der Waals surface area contributed by atoms with Crippen LogP contribution in [0, 0.1) is 16.1 Å². The molecule has 0 aliphatic carbocycles. The fraction of sp³-hybridized carbons (Fsp3) is 0. The molecule has 2 N–H and O–H groups in total. The molecule has 0 saturated heterocycles. The number of rotatable bonds is 2. The molecule has 0 atom stereocenters. The monoisotopic (exact) mass is 228 g/mol. The van der Waals surface area contributed by atoms with Crippen molar-refractivity contribution in [3.05, 3.63) is 46.9 Å². The normalized spacial score (nSPS) is 9.44. The molecule has 2 aromatic rings. The molecule has 1 aromatic heterocycles. The molecule has 1 aromatic carbocycles. The van der Waals surface area contributed by atoms with Gasteiger partial charge in [0.15, 0.2) is 4.77 Å². The van der Waals surface area contributed by atoms with Crippen molar-refractivity contribution in [3.8, 4) is 6.07 Å². The Morgan fingerprint density at radius 1 is 1.25 bits per heavy atom. The molecule has 0 bridgehead atoms. The molecule has 4 nitrogen and oxygen atoms in total. The van der Waals surface area contributed by atoms with E-state index in [1.54, 1.807) is 24.4 Å². The van der Waals surface area contributed by atoms with Crippen LogP contribution >= 0.6 is 12.2 Å². The molecular formula is C11H8N4S. The Hall–Kier alpha value is -2.19. The van der Waals surface area contributed by atoms with Crippen molar-refractivity contribution >= 4 is 23.7 Å². The number of H-pyrrole nitrogens is 1. The number of aromatic nitrogens is 2. The van der Waals surface area contributed by atoms with E-state index in [9.17, 15) is 0 Å². The highest BCUT2D eigenvalue weighted by Crippen LogP contribution is 2.13. The van der Waals surface area contributed by atoms with E-state index in [4.69, 9.17) is 17.5 Å². The Bertz CT molecular complexity index is 580. The maximum atomic E-state index is 8.66. The Labute approximate surface area is 97.6 Å². The second-order valence-electron chi connectivity index (χ2n) is 3.10. The van der Waals surface area contributed by atoms with Gasteiger partial charge < -0.3 is 10.3 Å². The molecule has 0 fully saturated rings. The van der Waals surface area contributed by atoms with Gasteiger partial charge in [-0.1, -0.05) is 0 Å². The molecule has 0 unspecified atom stereocenters. The molecule has 0 saturated carbocycles. The van der Waals surface area contributed by atoms with Gasteiger partial charge in [-0.05, 0) is 42.5 Å². The average Bonchev–Trinajstić information content (AvgIpc) is 2.30. The summed E-state index contributed by atoms with van der Waals surface area (Å²) in [5.74, 6) is 0.768. The fourth-order valence-corrected chi connectivity index (χ4v) is 1.40. The molecule has 0 aliphatic heterocycles. The Morgan fingerprint density at radius 3 is 2.62 bits per heavy atom. The van der Waals surface area contributed by atoms with Crippen LogP contribution in [0.5, 0.6) is 0 Å². The predicted molar refractivity (Wildman–Crippen MR) is 63.9 cm³/mol. The van der Waals surface area contributed by atoms with Crippen LogP contribution in [0.1, 0.15) is 5.56 Å². The number of anilines is 2. The summed E-state index contributed by atoms with van der Waals surface area (Å²) in [6.07, 6.45) is 1.63. The SMILES string of the molecule is N#Cc1ccc(Nc2ccnc(=S)[nH]2)cc1. The molecular weight excluding hydrogens is 220 g/mol. The zero-order valence-corrected chi connectivity index (χ0v) is 9.08. The van der Waals surface area contributed by atoms with E-state index in [0.717, 1.165) is 11.5 Å². The third kappa shape index (κ3) is 2.43. The van der Waals surface area contributed by atoms with Gasteiger partial charge >= 0.3 is 0 Å². The van der Waals surface area contributed by atoms with E-state index in [1.807, 2.05) is 12.1 Å². The predicted octanol–water partition coefficient (Wildman–Crippen LogP) is 2.75. The quantitative estimate of drug-likeness (QED) is 0.776. The molecule has 16 heavy (non-hydrogen) atoms. The van der Waals surface area contributed by atoms with Crippen molar-refractivity contribution in [2.75, 3.05) is 5.32 Å². The van der Waals surface area contributed by atoms with E-state index in [1.165, 1.54) is 0 Å². The zero-order valence-electron chi connectivity index (χ0n) is 8.27. The van der Waals surface area contributed by atoms with Crippen molar-refractivity contribution in [2.45, 2.75) is 0 Å². The number of nitriles is 1. The van der Waals surface area contributed by atoms with Gasteiger partial charge in [0.05, 0.1) is 11.6 Å². The van der Waals surface area contributed by atoms with Crippen LogP contribution < -0.4 is 5.32 Å². The van der Waals surface area contributed by atoms with E-state index >= 15 is 0 Å². The van der Waals surface area contributed by atoms with E-state index in [-0.39, 0.29) is 0 Å². The first kappa shape index (κ1) is 10.3. The Balaban J connectivity index is 2.21. The first-order chi connectivity index (χ1) is 7.78. The van der Waals surface area contributed by atoms with E-state index in [0.29, 0.717) is 10.3 Å². The fourth-order valence-electron chi connectivity index (χ4n) is 1.23. The molecule has 2 rings (SSSR count).